The van der Waals surface area contributed by atoms with E-state index in [1.54, 1.807) is 0 Å². The van der Waals surface area contributed by atoms with Crippen LogP contribution in [0.15, 0.2) is 24.3 Å². The van der Waals surface area contributed by atoms with Crippen LogP contribution in [0.4, 0.5) is 0 Å². The summed E-state index contributed by atoms with van der Waals surface area (Å²) in [6.07, 6.45) is 5.83. The summed E-state index contributed by atoms with van der Waals surface area (Å²) in [6.45, 7) is 5.63. The van der Waals surface area contributed by atoms with E-state index in [1.165, 1.54) is 24.0 Å². The average molecular weight is 261 g/mol. The molecule has 0 saturated heterocycles. The number of nitrogens with one attached hydrogen (secondary N) is 1. The van der Waals surface area contributed by atoms with Gasteiger partial charge in [0.1, 0.15) is 0 Å². The number of hydrogen-bond acceptors (Lipinski definition) is 2. The van der Waals surface area contributed by atoms with Crippen molar-refractivity contribution in [1.29, 1.82) is 0 Å². The highest BCUT2D eigenvalue weighted by molar-refractivity contribution is 5.23. The first-order chi connectivity index (χ1) is 9.13. The predicted octanol–water partition coefficient (Wildman–Crippen LogP) is 3.28. The topological polar surface area (TPSA) is 32.3 Å². The quantitative estimate of drug-likeness (QED) is 0.823. The van der Waals surface area contributed by atoms with Gasteiger partial charge in [-0.05, 0) is 36.3 Å². The van der Waals surface area contributed by atoms with Gasteiger partial charge in [0.15, 0.2) is 0 Å². The Morgan fingerprint density at radius 1 is 1.11 bits per heavy atom. The van der Waals surface area contributed by atoms with Gasteiger partial charge in [-0.1, -0.05) is 51.0 Å². The third kappa shape index (κ3) is 4.05. The lowest BCUT2D eigenvalue weighted by molar-refractivity contribution is 0.163. The smallest absolute Gasteiger partial charge is 0.0613 e. The molecule has 0 amide bonds. The van der Waals surface area contributed by atoms with E-state index in [4.69, 9.17) is 0 Å². The third-order valence-electron chi connectivity index (χ3n) is 4.20. The number of aliphatic hydroxyl groups excluding tert-OH is 1. The van der Waals surface area contributed by atoms with Gasteiger partial charge < -0.3 is 10.4 Å². The molecule has 0 bridgehead atoms. The SMILES string of the molecule is CC(C)Cc1ccc(CNC2(CO)CCCC2)cc1. The molecule has 19 heavy (non-hydrogen) atoms. The summed E-state index contributed by atoms with van der Waals surface area (Å²) >= 11 is 0. The second-order valence-corrected chi connectivity index (χ2v) is 6.41. The minimum absolute atomic E-state index is 0.0173. The Hall–Kier alpha value is -0.860. The van der Waals surface area contributed by atoms with Crippen LogP contribution in [0.25, 0.3) is 0 Å². The summed E-state index contributed by atoms with van der Waals surface area (Å²) in [5, 5.41) is 13.1. The zero-order chi connectivity index (χ0) is 13.7. The van der Waals surface area contributed by atoms with E-state index in [0.29, 0.717) is 5.92 Å². The minimum Gasteiger partial charge on any atom is -0.394 e. The van der Waals surface area contributed by atoms with Gasteiger partial charge in [0, 0.05) is 12.1 Å². The van der Waals surface area contributed by atoms with Gasteiger partial charge in [0.25, 0.3) is 0 Å². The van der Waals surface area contributed by atoms with Crippen molar-refractivity contribution < 1.29 is 5.11 Å². The molecule has 2 heteroatoms. The summed E-state index contributed by atoms with van der Waals surface area (Å²) in [6, 6.07) is 8.89. The van der Waals surface area contributed by atoms with E-state index in [2.05, 4.69) is 43.4 Å². The first-order valence-corrected chi connectivity index (χ1v) is 7.57. The van der Waals surface area contributed by atoms with Crippen LogP contribution in [0, 0.1) is 5.92 Å². The Morgan fingerprint density at radius 3 is 2.21 bits per heavy atom. The molecule has 2 N–H and O–H groups in total. The van der Waals surface area contributed by atoms with Crippen molar-refractivity contribution in [1.82, 2.24) is 5.32 Å². The van der Waals surface area contributed by atoms with Crippen molar-refractivity contribution in [2.75, 3.05) is 6.61 Å². The normalized spacial score (nSPS) is 18.1. The minimum atomic E-state index is -0.0173. The van der Waals surface area contributed by atoms with Crippen LogP contribution in [0.2, 0.25) is 0 Å². The summed E-state index contributed by atoms with van der Waals surface area (Å²) in [4.78, 5) is 0. The second kappa shape index (κ2) is 6.53. The van der Waals surface area contributed by atoms with Gasteiger partial charge in [-0.3, -0.25) is 0 Å². The van der Waals surface area contributed by atoms with Crippen LogP contribution in [0.1, 0.15) is 50.7 Å². The Bertz CT molecular complexity index is 377. The van der Waals surface area contributed by atoms with Crippen LogP contribution in [-0.2, 0) is 13.0 Å². The molecule has 1 aromatic carbocycles. The molecule has 106 valence electrons. The van der Waals surface area contributed by atoms with Gasteiger partial charge >= 0.3 is 0 Å². The molecule has 0 atom stereocenters. The zero-order valence-corrected chi connectivity index (χ0v) is 12.3. The predicted molar refractivity (Wildman–Crippen MR) is 80.1 cm³/mol. The highest BCUT2D eigenvalue weighted by Crippen LogP contribution is 2.29. The molecule has 1 saturated carbocycles. The van der Waals surface area contributed by atoms with Crippen LogP contribution in [0.5, 0.6) is 0 Å². The average Bonchev–Trinajstić information content (AvgIpc) is 2.87. The lowest BCUT2D eigenvalue weighted by Gasteiger charge is -2.28. The number of rotatable bonds is 6. The fourth-order valence-corrected chi connectivity index (χ4v) is 3.00. The number of aliphatic hydroxyl groups is 1. The standard InChI is InChI=1S/C17H27NO/c1-14(2)11-15-5-7-16(8-6-15)12-18-17(13-19)9-3-4-10-17/h5-8,14,18-19H,3-4,9-13H2,1-2H3. The molecule has 0 heterocycles. The van der Waals surface area contributed by atoms with Crippen molar-refractivity contribution in [3.63, 3.8) is 0 Å². The van der Waals surface area contributed by atoms with E-state index >= 15 is 0 Å². The molecule has 0 aliphatic heterocycles. The highest BCUT2D eigenvalue weighted by Gasteiger charge is 2.32. The molecule has 0 unspecified atom stereocenters. The first kappa shape index (κ1) is 14.5. The van der Waals surface area contributed by atoms with E-state index < -0.39 is 0 Å². The molecule has 2 rings (SSSR count). The van der Waals surface area contributed by atoms with Gasteiger partial charge in [-0.15, -0.1) is 0 Å². The Kier molecular flexibility index (Phi) is 5.00. The molecule has 1 aliphatic rings. The molecule has 1 aliphatic carbocycles. The molecule has 0 spiro atoms. The van der Waals surface area contributed by atoms with E-state index in [-0.39, 0.29) is 12.1 Å². The van der Waals surface area contributed by atoms with E-state index in [1.807, 2.05) is 0 Å². The molecular formula is C17H27NO. The van der Waals surface area contributed by atoms with Crippen molar-refractivity contribution in [3.8, 4) is 0 Å². The number of benzene rings is 1. The van der Waals surface area contributed by atoms with Crippen LogP contribution < -0.4 is 5.32 Å². The van der Waals surface area contributed by atoms with Crippen LogP contribution in [0.3, 0.4) is 0 Å². The van der Waals surface area contributed by atoms with Crippen molar-refractivity contribution in [2.45, 2.75) is 58.0 Å². The number of hydrogen-bond donors (Lipinski definition) is 2. The van der Waals surface area contributed by atoms with Crippen molar-refractivity contribution in [2.24, 2.45) is 5.92 Å². The van der Waals surface area contributed by atoms with Crippen LogP contribution in [-0.4, -0.2) is 17.3 Å². The van der Waals surface area contributed by atoms with Crippen LogP contribution >= 0.6 is 0 Å². The van der Waals surface area contributed by atoms with Gasteiger partial charge in [-0.2, -0.15) is 0 Å². The maximum absolute atomic E-state index is 9.58. The van der Waals surface area contributed by atoms with E-state index in [9.17, 15) is 5.11 Å². The maximum Gasteiger partial charge on any atom is 0.0613 e. The lowest BCUT2D eigenvalue weighted by atomic mass is 9.98. The fraction of sp³-hybridized carbons (Fsp3) is 0.647. The molecule has 1 aromatic rings. The molecule has 2 nitrogen and oxygen atoms in total. The van der Waals surface area contributed by atoms with Gasteiger partial charge in [0.2, 0.25) is 0 Å². The third-order valence-corrected chi connectivity index (χ3v) is 4.20. The molecular weight excluding hydrogens is 234 g/mol. The summed E-state index contributed by atoms with van der Waals surface area (Å²) < 4.78 is 0. The molecule has 0 aromatic heterocycles. The largest absolute Gasteiger partial charge is 0.394 e. The maximum atomic E-state index is 9.58. The summed E-state index contributed by atoms with van der Waals surface area (Å²) in [5.74, 6) is 0.708. The zero-order valence-electron chi connectivity index (χ0n) is 12.3. The molecule has 0 radical (unpaired) electrons. The highest BCUT2D eigenvalue weighted by atomic mass is 16.3. The summed E-state index contributed by atoms with van der Waals surface area (Å²) in [7, 11) is 0. The lowest BCUT2D eigenvalue weighted by Crippen LogP contribution is -2.45. The second-order valence-electron chi connectivity index (χ2n) is 6.41. The summed E-state index contributed by atoms with van der Waals surface area (Å²) in [5.41, 5.74) is 2.71. The molecule has 1 fully saturated rings. The van der Waals surface area contributed by atoms with Gasteiger partial charge in [0.05, 0.1) is 6.61 Å². The van der Waals surface area contributed by atoms with E-state index in [0.717, 1.165) is 25.8 Å². The Morgan fingerprint density at radius 2 is 1.68 bits per heavy atom. The monoisotopic (exact) mass is 261 g/mol. The Labute approximate surface area is 117 Å². The van der Waals surface area contributed by atoms with Gasteiger partial charge in [-0.25, -0.2) is 0 Å². The first-order valence-electron chi connectivity index (χ1n) is 7.57. The van der Waals surface area contributed by atoms with Crippen molar-refractivity contribution >= 4 is 0 Å². The fourth-order valence-electron chi connectivity index (χ4n) is 3.00. The Balaban J connectivity index is 1.89. The van der Waals surface area contributed by atoms with Crippen molar-refractivity contribution in [3.05, 3.63) is 35.4 Å².